The minimum absolute atomic E-state index is 0.0204. The van der Waals surface area contributed by atoms with Gasteiger partial charge < -0.3 is 20.4 Å². The number of carboxylic acid groups (broad SMARTS) is 1. The molecule has 0 aromatic carbocycles. The molecule has 2 heterocycles. The van der Waals surface area contributed by atoms with Crippen LogP contribution in [0.15, 0.2) is 5.38 Å². The number of aliphatic hydroxyl groups excluding tert-OH is 1. The molecule has 192 valence electrons. The number of rotatable bonds is 11. The Kier molecular flexibility index (Phi) is 9.62. The number of amides is 2. The Morgan fingerprint density at radius 1 is 1.18 bits per heavy atom. The molecule has 0 radical (unpaired) electrons. The number of aliphatic hydroxyl groups is 1. The summed E-state index contributed by atoms with van der Waals surface area (Å²) >= 11 is 1.09. The van der Waals surface area contributed by atoms with Crippen LogP contribution in [-0.4, -0.2) is 80.5 Å². The Hall–Kier alpha value is -2.04. The number of thiazole rings is 1. The zero-order valence-electron chi connectivity index (χ0n) is 21.4. The van der Waals surface area contributed by atoms with Crippen LogP contribution in [0, 0.1) is 11.8 Å². The van der Waals surface area contributed by atoms with E-state index < -0.39 is 23.7 Å². The highest BCUT2D eigenvalue weighted by molar-refractivity contribution is 7.09. The van der Waals surface area contributed by atoms with Crippen LogP contribution in [0.5, 0.6) is 0 Å². The van der Waals surface area contributed by atoms with E-state index in [9.17, 15) is 19.5 Å². The molecular weight excluding hydrogens is 456 g/mol. The minimum atomic E-state index is -1.14. The van der Waals surface area contributed by atoms with Crippen molar-refractivity contribution in [2.45, 2.75) is 84.5 Å². The van der Waals surface area contributed by atoms with E-state index in [1.807, 2.05) is 41.5 Å². The molecule has 0 unspecified atom stereocenters. The Balaban J connectivity index is 2.15. The highest BCUT2D eigenvalue weighted by atomic mass is 32.1. The third-order valence-electron chi connectivity index (χ3n) is 6.78. The lowest BCUT2D eigenvalue weighted by Gasteiger charge is -2.38. The lowest BCUT2D eigenvalue weighted by atomic mass is 9.93. The summed E-state index contributed by atoms with van der Waals surface area (Å²) in [5.41, 5.74) is -0.809. The van der Waals surface area contributed by atoms with Crippen molar-refractivity contribution in [2.24, 2.45) is 11.8 Å². The zero-order chi connectivity index (χ0) is 25.8. The van der Waals surface area contributed by atoms with Gasteiger partial charge in [0.1, 0.15) is 17.2 Å². The van der Waals surface area contributed by atoms with Gasteiger partial charge in [0.05, 0.1) is 5.54 Å². The molecule has 2 amide bonds. The van der Waals surface area contributed by atoms with E-state index in [0.29, 0.717) is 5.01 Å². The number of carbonyl (C=O) groups excluding carboxylic acids is 2. The van der Waals surface area contributed by atoms with Gasteiger partial charge in [0, 0.05) is 24.9 Å². The monoisotopic (exact) mass is 496 g/mol. The van der Waals surface area contributed by atoms with Crippen molar-refractivity contribution in [3.63, 3.8) is 0 Å². The number of likely N-dealkylation sites (tertiary alicyclic amines) is 1. The van der Waals surface area contributed by atoms with Gasteiger partial charge in [-0.2, -0.15) is 0 Å². The van der Waals surface area contributed by atoms with Crippen molar-refractivity contribution < 1.29 is 24.6 Å². The first kappa shape index (κ1) is 28.2. The van der Waals surface area contributed by atoms with Crippen LogP contribution in [0.4, 0.5) is 0 Å². The summed E-state index contributed by atoms with van der Waals surface area (Å²) in [5.74, 6) is -1.62. The van der Waals surface area contributed by atoms with Gasteiger partial charge in [-0.05, 0) is 51.6 Å². The first-order valence-electron chi connectivity index (χ1n) is 12.0. The Morgan fingerprint density at radius 2 is 1.76 bits per heavy atom. The molecule has 10 heteroatoms. The van der Waals surface area contributed by atoms with Gasteiger partial charge in [-0.3, -0.25) is 14.5 Å². The Bertz CT molecular complexity index is 863. The van der Waals surface area contributed by atoms with Gasteiger partial charge in [-0.25, -0.2) is 9.78 Å². The maximum absolute atomic E-state index is 13.6. The maximum Gasteiger partial charge on any atom is 0.355 e. The van der Waals surface area contributed by atoms with Crippen LogP contribution in [-0.2, 0) is 9.59 Å². The van der Waals surface area contributed by atoms with Crippen molar-refractivity contribution in [3.8, 4) is 0 Å². The smallest absolute Gasteiger partial charge is 0.355 e. The molecule has 1 aromatic rings. The maximum atomic E-state index is 13.6. The van der Waals surface area contributed by atoms with Gasteiger partial charge in [-0.1, -0.05) is 27.7 Å². The van der Waals surface area contributed by atoms with E-state index in [1.165, 1.54) is 5.38 Å². The molecule has 1 aromatic heterocycles. The van der Waals surface area contributed by atoms with E-state index in [-0.39, 0.29) is 41.8 Å². The van der Waals surface area contributed by atoms with Gasteiger partial charge in [-0.15, -0.1) is 11.3 Å². The first-order chi connectivity index (χ1) is 15.8. The molecule has 3 N–H and O–H groups in total. The number of carboxylic acids is 1. The van der Waals surface area contributed by atoms with Gasteiger partial charge in [0.25, 0.3) is 0 Å². The molecule has 9 nitrogen and oxygen atoms in total. The molecular formula is C24H40N4O5S. The quantitative estimate of drug-likeness (QED) is 0.430. The molecule has 1 aliphatic heterocycles. The summed E-state index contributed by atoms with van der Waals surface area (Å²) in [6, 6.07) is -1.03. The third-order valence-corrected chi connectivity index (χ3v) is 7.72. The SMILES string of the molecule is CC(C)[C@H](NC(=O)C(C)(C)N1CCCC1)C(=O)N(C)[C@H](C[C@@H](O)c1nc(C(=O)O)cs1)C(C)C. The summed E-state index contributed by atoms with van der Waals surface area (Å²) in [5, 5.41) is 24.5. The van der Waals surface area contributed by atoms with Crippen LogP contribution >= 0.6 is 11.3 Å². The molecule has 0 spiro atoms. The predicted molar refractivity (Wildman–Crippen MR) is 132 cm³/mol. The lowest BCUT2D eigenvalue weighted by Crippen LogP contribution is -2.60. The van der Waals surface area contributed by atoms with Gasteiger partial charge in [0.2, 0.25) is 11.8 Å². The average Bonchev–Trinajstić information content (AvgIpc) is 3.46. The van der Waals surface area contributed by atoms with Crippen molar-refractivity contribution in [2.75, 3.05) is 20.1 Å². The number of hydrogen-bond donors (Lipinski definition) is 3. The van der Waals surface area contributed by atoms with E-state index in [0.717, 1.165) is 37.3 Å². The predicted octanol–water partition coefficient (Wildman–Crippen LogP) is 2.76. The molecule has 2 rings (SSSR count). The molecule has 0 saturated carbocycles. The van der Waals surface area contributed by atoms with Crippen LogP contribution in [0.3, 0.4) is 0 Å². The second-order valence-electron chi connectivity index (χ2n) is 10.3. The first-order valence-corrected chi connectivity index (χ1v) is 12.8. The fourth-order valence-electron chi connectivity index (χ4n) is 4.38. The van der Waals surface area contributed by atoms with Crippen LogP contribution < -0.4 is 5.32 Å². The summed E-state index contributed by atoms with van der Waals surface area (Å²) in [7, 11) is 1.69. The van der Waals surface area contributed by atoms with E-state index in [4.69, 9.17) is 5.11 Å². The fourth-order valence-corrected chi connectivity index (χ4v) is 5.17. The molecule has 1 fully saturated rings. The Labute approximate surface area is 206 Å². The molecule has 1 aliphatic rings. The van der Waals surface area contributed by atoms with Crippen LogP contribution in [0.25, 0.3) is 0 Å². The van der Waals surface area contributed by atoms with Crippen molar-refractivity contribution in [3.05, 3.63) is 16.1 Å². The average molecular weight is 497 g/mol. The largest absolute Gasteiger partial charge is 0.476 e. The number of aromatic nitrogens is 1. The third kappa shape index (κ3) is 6.55. The lowest BCUT2D eigenvalue weighted by molar-refractivity contribution is -0.142. The van der Waals surface area contributed by atoms with E-state index in [2.05, 4.69) is 15.2 Å². The van der Waals surface area contributed by atoms with Crippen LogP contribution in [0.2, 0.25) is 0 Å². The molecule has 3 atom stereocenters. The van der Waals surface area contributed by atoms with Crippen LogP contribution in [0.1, 0.15) is 82.4 Å². The number of nitrogens with zero attached hydrogens (tertiary/aromatic N) is 3. The molecule has 1 saturated heterocycles. The minimum Gasteiger partial charge on any atom is -0.476 e. The standard InChI is InChI=1S/C24H40N4O5S/c1-14(2)17(12-18(29)20-25-16(13-34-20)22(31)32)27(7)21(30)19(15(3)4)26-23(33)24(5,6)28-10-8-9-11-28/h13-15,17-19,29H,8-12H2,1-7H3,(H,26,33)(H,31,32)/t17-,18-,19+/m1/s1. The molecule has 0 bridgehead atoms. The summed E-state index contributed by atoms with van der Waals surface area (Å²) in [4.78, 5) is 45.6. The second kappa shape index (κ2) is 11.6. The van der Waals surface area contributed by atoms with Crippen molar-refractivity contribution >= 4 is 29.1 Å². The zero-order valence-corrected chi connectivity index (χ0v) is 22.2. The van der Waals surface area contributed by atoms with E-state index in [1.54, 1.807) is 11.9 Å². The number of aromatic carboxylic acids is 1. The highest BCUT2D eigenvalue weighted by Crippen LogP contribution is 2.28. The molecule has 34 heavy (non-hydrogen) atoms. The summed E-state index contributed by atoms with van der Waals surface area (Å²) in [6.45, 7) is 13.3. The van der Waals surface area contributed by atoms with Crippen molar-refractivity contribution in [1.82, 2.24) is 20.1 Å². The van der Waals surface area contributed by atoms with Gasteiger partial charge >= 0.3 is 5.97 Å². The topological polar surface area (TPSA) is 123 Å². The highest BCUT2D eigenvalue weighted by Gasteiger charge is 2.40. The summed E-state index contributed by atoms with van der Waals surface area (Å²) in [6.07, 6.45) is 1.35. The van der Waals surface area contributed by atoms with Crippen molar-refractivity contribution in [1.29, 1.82) is 0 Å². The fraction of sp³-hybridized carbons (Fsp3) is 0.750. The summed E-state index contributed by atoms with van der Waals surface area (Å²) < 4.78 is 0. The van der Waals surface area contributed by atoms with Gasteiger partial charge in [0.15, 0.2) is 5.69 Å². The number of likely N-dealkylation sites (N-methyl/N-ethyl adjacent to an activating group) is 1. The Morgan fingerprint density at radius 3 is 2.24 bits per heavy atom. The molecule has 0 aliphatic carbocycles. The number of carbonyl (C=O) groups is 3. The number of hydrogen-bond acceptors (Lipinski definition) is 7. The normalized spacial score (nSPS) is 17.6. The second-order valence-corrected chi connectivity index (χ2v) is 11.2. The number of nitrogens with one attached hydrogen (secondary N) is 1. The van der Waals surface area contributed by atoms with E-state index >= 15 is 0 Å².